The summed E-state index contributed by atoms with van der Waals surface area (Å²) in [4.78, 5) is 24.2. The minimum atomic E-state index is -0.856. The van der Waals surface area contributed by atoms with Gasteiger partial charge in [0.1, 0.15) is 5.75 Å². The van der Waals surface area contributed by atoms with Crippen molar-refractivity contribution in [1.82, 2.24) is 4.98 Å². The van der Waals surface area contributed by atoms with Crippen molar-refractivity contribution in [3.05, 3.63) is 39.6 Å². The molecule has 0 saturated carbocycles. The van der Waals surface area contributed by atoms with Gasteiger partial charge in [-0.3, -0.25) is 9.59 Å². The van der Waals surface area contributed by atoms with Gasteiger partial charge in [-0.1, -0.05) is 11.6 Å². The molecule has 1 aromatic carbocycles. The van der Waals surface area contributed by atoms with Crippen molar-refractivity contribution < 1.29 is 14.6 Å². The number of hydrogen-bond acceptors (Lipinski definition) is 3. The average molecular weight is 282 g/mol. The van der Waals surface area contributed by atoms with Crippen LogP contribution in [0.1, 0.15) is 12.8 Å². The number of H-pyrrole nitrogens is 1. The summed E-state index contributed by atoms with van der Waals surface area (Å²) in [5, 5.41) is 9.62. The monoisotopic (exact) mass is 281 g/mol. The van der Waals surface area contributed by atoms with E-state index >= 15 is 0 Å². The van der Waals surface area contributed by atoms with Crippen LogP contribution in [-0.4, -0.2) is 22.7 Å². The third kappa shape index (κ3) is 3.26. The Bertz CT molecular complexity index is 665. The van der Waals surface area contributed by atoms with Gasteiger partial charge in [0.05, 0.1) is 17.1 Å². The summed E-state index contributed by atoms with van der Waals surface area (Å²) in [7, 11) is 0. The van der Waals surface area contributed by atoms with Gasteiger partial charge in [0.15, 0.2) is 0 Å². The number of nitrogens with one attached hydrogen (secondary N) is 1. The van der Waals surface area contributed by atoms with Gasteiger partial charge in [0.25, 0.3) is 0 Å². The van der Waals surface area contributed by atoms with E-state index in [1.54, 1.807) is 18.2 Å². The number of rotatable bonds is 5. The van der Waals surface area contributed by atoms with Gasteiger partial charge in [0, 0.05) is 17.9 Å². The standard InChI is InChI=1S/C13H12ClNO4/c14-13-8-3-6-11(16)15-9(8)4-5-10(13)19-7-1-2-12(17)18/h3-6H,1-2,7H2,(H,15,16)(H,17,18). The second-order valence-electron chi connectivity index (χ2n) is 4.01. The zero-order valence-electron chi connectivity index (χ0n) is 9.98. The van der Waals surface area contributed by atoms with Gasteiger partial charge in [-0.2, -0.15) is 0 Å². The first kappa shape index (κ1) is 13.4. The fourth-order valence-corrected chi connectivity index (χ4v) is 1.98. The third-order valence-electron chi connectivity index (χ3n) is 2.60. The summed E-state index contributed by atoms with van der Waals surface area (Å²) >= 11 is 6.17. The van der Waals surface area contributed by atoms with Crippen LogP contribution in [0.3, 0.4) is 0 Å². The van der Waals surface area contributed by atoms with Gasteiger partial charge < -0.3 is 14.8 Å². The van der Waals surface area contributed by atoms with Crippen LogP contribution in [0.15, 0.2) is 29.1 Å². The summed E-state index contributed by atoms with van der Waals surface area (Å²) in [6.07, 6.45) is 0.466. The number of pyridine rings is 1. The first-order valence-electron chi connectivity index (χ1n) is 5.74. The molecule has 0 bridgehead atoms. The van der Waals surface area contributed by atoms with Crippen LogP contribution in [0.5, 0.6) is 5.75 Å². The molecule has 0 aliphatic rings. The van der Waals surface area contributed by atoms with E-state index in [0.29, 0.717) is 28.1 Å². The first-order chi connectivity index (χ1) is 9.08. The number of fused-ring (bicyclic) bond motifs is 1. The minimum absolute atomic E-state index is 0.0541. The largest absolute Gasteiger partial charge is 0.492 e. The van der Waals surface area contributed by atoms with E-state index in [0.717, 1.165) is 0 Å². The molecule has 0 fully saturated rings. The second-order valence-corrected chi connectivity index (χ2v) is 4.39. The molecule has 0 spiro atoms. The molecule has 0 aliphatic heterocycles. The van der Waals surface area contributed by atoms with Crippen molar-refractivity contribution in [3.8, 4) is 5.75 Å². The Morgan fingerprint density at radius 1 is 1.32 bits per heavy atom. The maximum atomic E-state index is 11.2. The highest BCUT2D eigenvalue weighted by atomic mass is 35.5. The molecule has 0 radical (unpaired) electrons. The lowest BCUT2D eigenvalue weighted by Crippen LogP contribution is -2.04. The molecule has 0 atom stereocenters. The van der Waals surface area contributed by atoms with Crippen LogP contribution in [0.2, 0.25) is 5.02 Å². The highest BCUT2D eigenvalue weighted by Crippen LogP contribution is 2.31. The number of aromatic nitrogens is 1. The molecular formula is C13H12ClNO4. The van der Waals surface area contributed by atoms with E-state index in [2.05, 4.69) is 4.98 Å². The summed E-state index contributed by atoms with van der Waals surface area (Å²) in [5.41, 5.74) is 0.439. The zero-order chi connectivity index (χ0) is 13.8. The van der Waals surface area contributed by atoms with Crippen molar-refractivity contribution in [1.29, 1.82) is 0 Å². The molecule has 0 unspecified atom stereocenters. The number of ether oxygens (including phenoxy) is 1. The summed E-state index contributed by atoms with van der Waals surface area (Å²) in [5.74, 6) is -0.377. The molecule has 0 aliphatic carbocycles. The second kappa shape index (κ2) is 5.75. The summed E-state index contributed by atoms with van der Waals surface area (Å²) in [6, 6.07) is 6.37. The number of carbonyl (C=O) groups is 1. The summed E-state index contributed by atoms with van der Waals surface area (Å²) < 4.78 is 5.44. The first-order valence-corrected chi connectivity index (χ1v) is 6.12. The SMILES string of the molecule is O=C(O)CCCOc1ccc2[nH]c(=O)ccc2c1Cl. The molecule has 0 saturated heterocycles. The van der Waals surface area contributed by atoms with Crippen LogP contribution in [0.25, 0.3) is 10.9 Å². The van der Waals surface area contributed by atoms with Gasteiger partial charge >= 0.3 is 5.97 Å². The lowest BCUT2D eigenvalue weighted by Gasteiger charge is -2.09. The molecular weight excluding hydrogens is 270 g/mol. The highest BCUT2D eigenvalue weighted by Gasteiger charge is 2.07. The maximum absolute atomic E-state index is 11.2. The predicted molar refractivity (Wildman–Crippen MR) is 71.9 cm³/mol. The lowest BCUT2D eigenvalue weighted by atomic mass is 10.2. The number of aliphatic carboxylic acids is 1. The van der Waals surface area contributed by atoms with Crippen molar-refractivity contribution in [2.45, 2.75) is 12.8 Å². The fourth-order valence-electron chi connectivity index (χ4n) is 1.70. The molecule has 6 heteroatoms. The minimum Gasteiger partial charge on any atom is -0.492 e. The normalized spacial score (nSPS) is 10.6. The maximum Gasteiger partial charge on any atom is 0.303 e. The van der Waals surface area contributed by atoms with E-state index < -0.39 is 5.97 Å². The van der Waals surface area contributed by atoms with E-state index in [1.807, 2.05) is 0 Å². The quantitative estimate of drug-likeness (QED) is 0.825. The molecule has 2 aromatic rings. The number of benzene rings is 1. The zero-order valence-corrected chi connectivity index (χ0v) is 10.7. The Morgan fingerprint density at radius 3 is 2.84 bits per heavy atom. The highest BCUT2D eigenvalue weighted by molar-refractivity contribution is 6.36. The fraction of sp³-hybridized carbons (Fsp3) is 0.231. The predicted octanol–water partition coefficient (Wildman–Crippen LogP) is 2.43. The molecule has 5 nitrogen and oxygen atoms in total. The van der Waals surface area contributed by atoms with Crippen molar-refractivity contribution >= 4 is 28.5 Å². The van der Waals surface area contributed by atoms with E-state index in [-0.39, 0.29) is 18.6 Å². The van der Waals surface area contributed by atoms with E-state index in [1.165, 1.54) is 6.07 Å². The third-order valence-corrected chi connectivity index (χ3v) is 2.99. The molecule has 1 heterocycles. The Hall–Kier alpha value is -2.01. The Morgan fingerprint density at radius 2 is 2.11 bits per heavy atom. The number of aromatic amines is 1. The molecule has 2 N–H and O–H groups in total. The number of halogens is 1. The van der Waals surface area contributed by atoms with Crippen LogP contribution in [0, 0.1) is 0 Å². The van der Waals surface area contributed by atoms with Crippen molar-refractivity contribution in [2.24, 2.45) is 0 Å². The van der Waals surface area contributed by atoms with Gasteiger partial charge in [-0.05, 0) is 24.6 Å². The van der Waals surface area contributed by atoms with Crippen LogP contribution in [-0.2, 0) is 4.79 Å². The molecule has 1 aromatic heterocycles. The smallest absolute Gasteiger partial charge is 0.303 e. The molecule has 19 heavy (non-hydrogen) atoms. The summed E-state index contributed by atoms with van der Waals surface area (Å²) in [6.45, 7) is 0.279. The number of carboxylic acid groups (broad SMARTS) is 1. The molecule has 2 rings (SSSR count). The van der Waals surface area contributed by atoms with Crippen LogP contribution < -0.4 is 10.3 Å². The van der Waals surface area contributed by atoms with Crippen molar-refractivity contribution in [2.75, 3.05) is 6.61 Å². The van der Waals surface area contributed by atoms with Crippen LogP contribution in [0.4, 0.5) is 0 Å². The van der Waals surface area contributed by atoms with Gasteiger partial charge in [-0.25, -0.2) is 0 Å². The Labute approximate surface area is 113 Å². The lowest BCUT2D eigenvalue weighted by molar-refractivity contribution is -0.137. The van der Waals surface area contributed by atoms with Crippen LogP contribution >= 0.6 is 11.6 Å². The number of hydrogen-bond donors (Lipinski definition) is 2. The van der Waals surface area contributed by atoms with E-state index in [9.17, 15) is 9.59 Å². The molecule has 100 valence electrons. The Kier molecular flexibility index (Phi) is 4.06. The van der Waals surface area contributed by atoms with Crippen molar-refractivity contribution in [3.63, 3.8) is 0 Å². The average Bonchev–Trinajstić information content (AvgIpc) is 2.36. The van der Waals surface area contributed by atoms with Gasteiger partial charge in [0.2, 0.25) is 5.56 Å². The van der Waals surface area contributed by atoms with Gasteiger partial charge in [-0.15, -0.1) is 0 Å². The number of carboxylic acids is 1. The topological polar surface area (TPSA) is 79.4 Å². The molecule has 0 amide bonds. The Balaban J connectivity index is 2.16. The van der Waals surface area contributed by atoms with E-state index in [4.69, 9.17) is 21.4 Å².